The minimum absolute atomic E-state index is 0.115. The zero-order chi connectivity index (χ0) is 12.1. The molecule has 1 saturated heterocycles. The molecule has 0 saturated carbocycles. The van der Waals surface area contributed by atoms with Crippen molar-refractivity contribution in [2.45, 2.75) is 18.3 Å². The van der Waals surface area contributed by atoms with Crippen molar-refractivity contribution in [1.82, 2.24) is 15.4 Å². The lowest BCUT2D eigenvalue weighted by Gasteiger charge is -2.40. The van der Waals surface area contributed by atoms with Crippen molar-refractivity contribution in [3.05, 3.63) is 30.1 Å². The lowest BCUT2D eigenvalue weighted by molar-refractivity contribution is -0.000291. The second-order valence-electron chi connectivity index (χ2n) is 4.82. The van der Waals surface area contributed by atoms with Gasteiger partial charge in [-0.1, -0.05) is 6.07 Å². The maximum absolute atomic E-state index is 5.47. The third kappa shape index (κ3) is 2.83. The largest absolute Gasteiger partial charge is 0.306 e. The molecule has 4 nitrogen and oxygen atoms in total. The monoisotopic (exact) mass is 235 g/mol. The second kappa shape index (κ2) is 5.58. The number of hydroxylamine groups is 1. The number of hydrogen-bond acceptors (Lipinski definition) is 4. The summed E-state index contributed by atoms with van der Waals surface area (Å²) in [6.45, 7) is 2.94. The number of likely N-dealkylation sites (tertiary alicyclic amines) is 1. The van der Waals surface area contributed by atoms with Crippen molar-refractivity contribution in [2.75, 3.05) is 33.8 Å². The van der Waals surface area contributed by atoms with E-state index >= 15 is 0 Å². The van der Waals surface area contributed by atoms with Crippen molar-refractivity contribution in [2.24, 2.45) is 0 Å². The molecule has 0 aliphatic carbocycles. The van der Waals surface area contributed by atoms with Crippen LogP contribution in [0.4, 0.5) is 0 Å². The number of hydrogen-bond donors (Lipinski definition) is 1. The van der Waals surface area contributed by atoms with Crippen LogP contribution >= 0.6 is 0 Å². The Morgan fingerprint density at radius 2 is 2.24 bits per heavy atom. The molecular formula is C13H21N3O. The third-order valence-electron chi connectivity index (χ3n) is 3.71. The topological polar surface area (TPSA) is 37.4 Å². The van der Waals surface area contributed by atoms with Crippen LogP contribution in [0, 0.1) is 0 Å². The first-order chi connectivity index (χ1) is 8.27. The van der Waals surface area contributed by atoms with Crippen molar-refractivity contribution >= 4 is 0 Å². The molecule has 2 heterocycles. The maximum Gasteiger partial charge on any atom is 0.0780 e. The van der Waals surface area contributed by atoms with Gasteiger partial charge in [0.1, 0.15) is 0 Å². The van der Waals surface area contributed by atoms with Crippen LogP contribution in [-0.4, -0.2) is 43.7 Å². The van der Waals surface area contributed by atoms with Crippen molar-refractivity contribution in [3.8, 4) is 0 Å². The van der Waals surface area contributed by atoms with Crippen LogP contribution in [0.2, 0.25) is 0 Å². The lowest BCUT2D eigenvalue weighted by atomic mass is 9.74. The average molecular weight is 235 g/mol. The van der Waals surface area contributed by atoms with Gasteiger partial charge in [-0.2, -0.15) is 0 Å². The van der Waals surface area contributed by atoms with E-state index in [1.165, 1.54) is 5.56 Å². The Balaban J connectivity index is 2.18. The van der Waals surface area contributed by atoms with E-state index in [1.54, 1.807) is 0 Å². The first-order valence-corrected chi connectivity index (χ1v) is 6.14. The van der Waals surface area contributed by atoms with Crippen LogP contribution in [0.1, 0.15) is 18.4 Å². The van der Waals surface area contributed by atoms with E-state index in [0.29, 0.717) is 6.61 Å². The van der Waals surface area contributed by atoms with Crippen LogP contribution < -0.4 is 5.48 Å². The van der Waals surface area contributed by atoms with Crippen LogP contribution in [0.3, 0.4) is 0 Å². The van der Waals surface area contributed by atoms with E-state index in [-0.39, 0.29) is 5.41 Å². The Bertz CT molecular complexity index is 328. The zero-order valence-corrected chi connectivity index (χ0v) is 10.6. The summed E-state index contributed by atoms with van der Waals surface area (Å²) in [4.78, 5) is 12.1. The second-order valence-corrected chi connectivity index (χ2v) is 4.82. The fraction of sp³-hybridized carbons (Fsp3) is 0.615. The first kappa shape index (κ1) is 12.5. The van der Waals surface area contributed by atoms with Gasteiger partial charge in [0, 0.05) is 24.9 Å². The molecular weight excluding hydrogens is 214 g/mol. The van der Waals surface area contributed by atoms with Gasteiger partial charge in [-0.25, -0.2) is 5.48 Å². The van der Waals surface area contributed by atoms with E-state index in [4.69, 9.17) is 4.84 Å². The van der Waals surface area contributed by atoms with Crippen molar-refractivity contribution in [3.63, 3.8) is 0 Å². The predicted octanol–water partition coefficient (Wildman–Crippen LogP) is 1.20. The molecule has 1 aromatic rings. The Morgan fingerprint density at radius 3 is 2.82 bits per heavy atom. The fourth-order valence-electron chi connectivity index (χ4n) is 2.45. The molecule has 1 N–H and O–H groups in total. The van der Waals surface area contributed by atoms with Crippen LogP contribution in [0.25, 0.3) is 0 Å². The molecule has 1 aromatic heterocycles. The average Bonchev–Trinajstić information content (AvgIpc) is 2.40. The lowest BCUT2D eigenvalue weighted by Crippen LogP contribution is -2.44. The van der Waals surface area contributed by atoms with Gasteiger partial charge in [0.25, 0.3) is 0 Å². The van der Waals surface area contributed by atoms with Crippen LogP contribution in [0.5, 0.6) is 0 Å². The zero-order valence-electron chi connectivity index (χ0n) is 10.6. The summed E-state index contributed by atoms with van der Waals surface area (Å²) in [5.41, 5.74) is 4.20. The predicted molar refractivity (Wildman–Crippen MR) is 67.7 cm³/mol. The number of pyridine rings is 1. The van der Waals surface area contributed by atoms with Gasteiger partial charge in [-0.3, -0.25) is 4.98 Å². The van der Waals surface area contributed by atoms with Crippen molar-refractivity contribution < 1.29 is 4.84 Å². The molecule has 0 spiro atoms. The molecule has 17 heavy (non-hydrogen) atoms. The molecule has 2 rings (SSSR count). The SMILES string of the molecule is CNOCC1(c2cccnc2)CCN(C)CC1. The molecule has 0 atom stereocenters. The molecule has 0 radical (unpaired) electrons. The molecule has 4 heteroatoms. The van der Waals surface area contributed by atoms with Gasteiger partial charge in [-0.05, 0) is 44.6 Å². The highest BCUT2D eigenvalue weighted by molar-refractivity contribution is 5.23. The molecule has 0 unspecified atom stereocenters. The number of nitrogens with zero attached hydrogens (tertiary/aromatic N) is 2. The van der Waals surface area contributed by atoms with Gasteiger partial charge in [0.2, 0.25) is 0 Å². The highest BCUT2D eigenvalue weighted by atomic mass is 16.6. The number of piperidine rings is 1. The Hall–Kier alpha value is -0.970. The highest BCUT2D eigenvalue weighted by Gasteiger charge is 2.36. The molecule has 0 aromatic carbocycles. The minimum Gasteiger partial charge on any atom is -0.306 e. The molecule has 94 valence electrons. The molecule has 0 amide bonds. The van der Waals surface area contributed by atoms with Gasteiger partial charge >= 0.3 is 0 Å². The number of rotatable bonds is 4. The Labute approximate surface area is 103 Å². The number of nitrogens with one attached hydrogen (secondary N) is 1. The summed E-state index contributed by atoms with van der Waals surface area (Å²) < 4.78 is 0. The summed E-state index contributed by atoms with van der Waals surface area (Å²) in [7, 11) is 3.98. The summed E-state index contributed by atoms with van der Waals surface area (Å²) in [5, 5.41) is 0. The minimum atomic E-state index is 0.115. The standard InChI is InChI=1S/C13H21N3O/c1-14-17-11-13(5-8-16(2)9-6-13)12-4-3-7-15-10-12/h3-4,7,10,14H,5-6,8-9,11H2,1-2H3. The Morgan fingerprint density at radius 1 is 1.47 bits per heavy atom. The molecule has 1 fully saturated rings. The highest BCUT2D eigenvalue weighted by Crippen LogP contribution is 2.34. The quantitative estimate of drug-likeness (QED) is 0.796. The van der Waals surface area contributed by atoms with E-state index < -0.39 is 0 Å². The summed E-state index contributed by atoms with van der Waals surface area (Å²) in [5.74, 6) is 0. The molecule has 1 aliphatic heterocycles. The van der Waals surface area contributed by atoms with Gasteiger partial charge in [0.15, 0.2) is 0 Å². The smallest absolute Gasteiger partial charge is 0.0780 e. The van der Waals surface area contributed by atoms with Crippen LogP contribution in [0.15, 0.2) is 24.5 Å². The maximum atomic E-state index is 5.47. The molecule has 1 aliphatic rings. The van der Waals surface area contributed by atoms with Gasteiger partial charge in [-0.15, -0.1) is 0 Å². The third-order valence-corrected chi connectivity index (χ3v) is 3.71. The van der Waals surface area contributed by atoms with E-state index in [2.05, 4.69) is 28.5 Å². The molecule has 0 bridgehead atoms. The van der Waals surface area contributed by atoms with Gasteiger partial charge in [0.05, 0.1) is 6.61 Å². The van der Waals surface area contributed by atoms with Crippen LogP contribution in [-0.2, 0) is 10.3 Å². The summed E-state index contributed by atoms with van der Waals surface area (Å²) >= 11 is 0. The summed E-state index contributed by atoms with van der Waals surface area (Å²) in [6.07, 6.45) is 6.04. The number of aromatic nitrogens is 1. The van der Waals surface area contributed by atoms with E-state index in [0.717, 1.165) is 25.9 Å². The first-order valence-electron chi connectivity index (χ1n) is 6.14. The van der Waals surface area contributed by atoms with Gasteiger partial charge < -0.3 is 9.74 Å². The Kier molecular flexibility index (Phi) is 4.10. The normalized spacial score (nSPS) is 20.4. The van der Waals surface area contributed by atoms with E-state index in [1.807, 2.05) is 25.5 Å². The summed E-state index contributed by atoms with van der Waals surface area (Å²) in [6, 6.07) is 4.17. The van der Waals surface area contributed by atoms with Crippen molar-refractivity contribution in [1.29, 1.82) is 0 Å². The fourth-order valence-corrected chi connectivity index (χ4v) is 2.45. The van der Waals surface area contributed by atoms with E-state index in [9.17, 15) is 0 Å².